The van der Waals surface area contributed by atoms with Crippen LogP contribution in [-0.2, 0) is 22.4 Å². The fourth-order valence-electron chi connectivity index (χ4n) is 3.84. The lowest BCUT2D eigenvalue weighted by molar-refractivity contribution is -0.385. The molecule has 0 amide bonds. The Morgan fingerprint density at radius 1 is 1.12 bits per heavy atom. The number of hydrogen-bond acceptors (Lipinski definition) is 6. The first-order chi connectivity index (χ1) is 15.7. The van der Waals surface area contributed by atoms with Gasteiger partial charge in [0.15, 0.2) is 4.96 Å². The number of aromatic nitrogens is 2. The van der Waals surface area contributed by atoms with Crippen molar-refractivity contribution in [3.05, 3.63) is 63.8 Å². The quantitative estimate of drug-likeness (QED) is 0.284. The zero-order valence-electron chi connectivity index (χ0n) is 17.9. The maximum absolute atomic E-state index is 11.9. The number of rotatable bonds is 8. The van der Waals surface area contributed by atoms with Gasteiger partial charge in [-0.2, -0.15) is 0 Å². The standard InChI is InChI=1S/C23H21N3O6S/c1-12(21(27)28)7-14-9-15(10-19(26(31)32)16(14)8-13(2)22(29)30)17-11-25-18-5-3-4-6-20(18)33-23(25)24-17/h3-6,9-13H,7-8H2,1-2H3,(H,27,28)(H,29,30). The number of benzene rings is 2. The summed E-state index contributed by atoms with van der Waals surface area (Å²) < 4.78 is 2.98. The highest BCUT2D eigenvalue weighted by atomic mass is 32.1. The predicted octanol–water partition coefficient (Wildman–Crippen LogP) is 4.65. The van der Waals surface area contributed by atoms with E-state index in [2.05, 4.69) is 4.98 Å². The largest absolute Gasteiger partial charge is 0.481 e. The molecule has 2 unspecified atom stereocenters. The van der Waals surface area contributed by atoms with Crippen LogP contribution in [-0.4, -0.2) is 36.5 Å². The zero-order chi connectivity index (χ0) is 23.9. The van der Waals surface area contributed by atoms with Crippen LogP contribution in [0.25, 0.3) is 26.4 Å². The van der Waals surface area contributed by atoms with Gasteiger partial charge in [0, 0.05) is 23.4 Å². The highest BCUT2D eigenvalue weighted by Gasteiger charge is 2.27. The number of hydrogen-bond donors (Lipinski definition) is 2. The Morgan fingerprint density at radius 3 is 2.45 bits per heavy atom. The number of imidazole rings is 1. The fraction of sp³-hybridized carbons (Fsp3) is 0.261. The van der Waals surface area contributed by atoms with Crippen LogP contribution in [0.5, 0.6) is 0 Å². The lowest BCUT2D eigenvalue weighted by atomic mass is 9.88. The van der Waals surface area contributed by atoms with E-state index in [0.29, 0.717) is 16.8 Å². The van der Waals surface area contributed by atoms with Crippen molar-refractivity contribution >= 4 is 44.1 Å². The summed E-state index contributed by atoms with van der Waals surface area (Å²) in [4.78, 5) is 39.7. The van der Waals surface area contributed by atoms with Gasteiger partial charge in [0.05, 0.1) is 32.7 Å². The van der Waals surface area contributed by atoms with Crippen molar-refractivity contribution in [2.45, 2.75) is 26.7 Å². The maximum Gasteiger partial charge on any atom is 0.306 e. The molecule has 0 radical (unpaired) electrons. The number of carboxylic acid groups (broad SMARTS) is 2. The minimum atomic E-state index is -1.08. The number of thiazole rings is 1. The van der Waals surface area contributed by atoms with Crippen LogP contribution in [0.4, 0.5) is 5.69 Å². The van der Waals surface area contributed by atoms with E-state index in [1.807, 2.05) is 28.7 Å². The molecule has 2 aromatic carbocycles. The summed E-state index contributed by atoms with van der Waals surface area (Å²) in [5.74, 6) is -3.77. The average molecular weight is 468 g/mol. The molecule has 170 valence electrons. The van der Waals surface area contributed by atoms with Crippen LogP contribution in [0, 0.1) is 22.0 Å². The second-order valence-corrected chi connectivity index (χ2v) is 9.13. The topological polar surface area (TPSA) is 135 Å². The Morgan fingerprint density at radius 2 is 1.79 bits per heavy atom. The van der Waals surface area contributed by atoms with Gasteiger partial charge < -0.3 is 10.2 Å². The summed E-state index contributed by atoms with van der Waals surface area (Å²) in [6.45, 7) is 2.99. The molecule has 4 aromatic rings. The average Bonchev–Trinajstić information content (AvgIpc) is 3.32. The van der Waals surface area contributed by atoms with Crippen molar-refractivity contribution < 1.29 is 24.7 Å². The van der Waals surface area contributed by atoms with Gasteiger partial charge in [-0.05, 0) is 36.6 Å². The summed E-state index contributed by atoms with van der Waals surface area (Å²) in [5.41, 5.74) is 2.45. The van der Waals surface area contributed by atoms with Gasteiger partial charge >= 0.3 is 11.9 Å². The second-order valence-electron chi connectivity index (χ2n) is 8.13. The summed E-state index contributed by atoms with van der Waals surface area (Å²) in [6.07, 6.45) is 1.77. The molecule has 10 heteroatoms. The molecular formula is C23H21N3O6S. The van der Waals surface area contributed by atoms with Crippen LogP contribution in [0.2, 0.25) is 0 Å². The van der Waals surface area contributed by atoms with E-state index < -0.39 is 28.7 Å². The molecule has 0 aliphatic carbocycles. The van der Waals surface area contributed by atoms with Crippen LogP contribution in [0.3, 0.4) is 0 Å². The molecule has 4 rings (SSSR count). The van der Waals surface area contributed by atoms with E-state index in [4.69, 9.17) is 0 Å². The molecule has 33 heavy (non-hydrogen) atoms. The molecule has 2 N–H and O–H groups in total. The number of nitrogens with zero attached hydrogens (tertiary/aromatic N) is 3. The number of fused-ring (bicyclic) bond motifs is 3. The Kier molecular flexibility index (Phi) is 5.86. The van der Waals surface area contributed by atoms with Gasteiger partial charge in [-0.3, -0.25) is 24.1 Å². The number of carbonyl (C=O) groups is 2. The Balaban J connectivity index is 1.88. The molecule has 0 bridgehead atoms. The molecule has 2 heterocycles. The lowest BCUT2D eigenvalue weighted by Gasteiger charge is -2.16. The molecule has 0 fully saturated rings. The molecule has 0 saturated carbocycles. The Bertz CT molecular complexity index is 1410. The van der Waals surface area contributed by atoms with Crippen molar-refractivity contribution in [3.8, 4) is 11.3 Å². The molecule has 0 aliphatic heterocycles. The molecule has 0 spiro atoms. The Hall–Kier alpha value is -3.79. The van der Waals surface area contributed by atoms with Gasteiger partial charge in [0.2, 0.25) is 0 Å². The van der Waals surface area contributed by atoms with Crippen LogP contribution in [0.1, 0.15) is 25.0 Å². The van der Waals surface area contributed by atoms with Crippen molar-refractivity contribution in [1.29, 1.82) is 0 Å². The summed E-state index contributed by atoms with van der Waals surface area (Å²) in [6, 6.07) is 10.9. The predicted molar refractivity (Wildman–Crippen MR) is 124 cm³/mol. The minimum Gasteiger partial charge on any atom is -0.481 e. The van der Waals surface area contributed by atoms with E-state index in [0.717, 1.165) is 15.2 Å². The number of nitro groups is 1. The lowest BCUT2D eigenvalue weighted by Crippen LogP contribution is -2.18. The molecule has 9 nitrogen and oxygen atoms in total. The molecule has 0 saturated heterocycles. The first-order valence-corrected chi connectivity index (χ1v) is 11.1. The second kappa shape index (κ2) is 8.62. The maximum atomic E-state index is 11.9. The van der Waals surface area contributed by atoms with Crippen molar-refractivity contribution in [1.82, 2.24) is 9.38 Å². The number of nitro benzene ring substituents is 1. The van der Waals surface area contributed by atoms with Gasteiger partial charge in [-0.1, -0.05) is 37.3 Å². The SMILES string of the molecule is CC(Cc1cc(-c2cn3c(n2)sc2ccccc23)cc([N+](=O)[O-])c1CC(C)C(=O)O)C(=O)O. The van der Waals surface area contributed by atoms with E-state index in [9.17, 15) is 29.9 Å². The molecular weight excluding hydrogens is 446 g/mol. The summed E-state index contributed by atoms with van der Waals surface area (Å²) in [7, 11) is 0. The molecule has 2 aromatic heterocycles. The van der Waals surface area contributed by atoms with E-state index in [-0.39, 0.29) is 24.1 Å². The van der Waals surface area contributed by atoms with Crippen molar-refractivity contribution in [2.75, 3.05) is 0 Å². The first kappa shape index (κ1) is 22.4. The summed E-state index contributed by atoms with van der Waals surface area (Å²) >= 11 is 1.50. The van der Waals surface area contributed by atoms with Gasteiger partial charge in [-0.15, -0.1) is 0 Å². The third-order valence-corrected chi connectivity index (χ3v) is 6.73. The van der Waals surface area contributed by atoms with Crippen LogP contribution >= 0.6 is 11.3 Å². The van der Waals surface area contributed by atoms with Gasteiger partial charge in [-0.25, -0.2) is 4.98 Å². The minimum absolute atomic E-state index is 0.0385. The normalized spacial score (nSPS) is 13.3. The fourth-order valence-corrected chi connectivity index (χ4v) is 4.85. The van der Waals surface area contributed by atoms with Crippen LogP contribution in [0.15, 0.2) is 42.6 Å². The molecule has 2 atom stereocenters. The molecule has 0 aliphatic rings. The number of para-hydroxylation sites is 1. The van der Waals surface area contributed by atoms with Gasteiger partial charge in [0.1, 0.15) is 0 Å². The number of carboxylic acids is 2. The van der Waals surface area contributed by atoms with Crippen molar-refractivity contribution in [2.24, 2.45) is 11.8 Å². The van der Waals surface area contributed by atoms with Crippen LogP contribution < -0.4 is 0 Å². The van der Waals surface area contributed by atoms with Crippen molar-refractivity contribution in [3.63, 3.8) is 0 Å². The monoisotopic (exact) mass is 467 g/mol. The van der Waals surface area contributed by atoms with E-state index >= 15 is 0 Å². The zero-order valence-corrected chi connectivity index (χ0v) is 18.7. The number of aliphatic carboxylic acids is 2. The van der Waals surface area contributed by atoms with Gasteiger partial charge in [0.25, 0.3) is 5.69 Å². The Labute approximate surface area is 192 Å². The smallest absolute Gasteiger partial charge is 0.306 e. The third-order valence-electron chi connectivity index (χ3n) is 5.69. The van der Waals surface area contributed by atoms with E-state index in [1.54, 1.807) is 12.3 Å². The van der Waals surface area contributed by atoms with E-state index in [1.165, 1.54) is 31.3 Å². The first-order valence-electron chi connectivity index (χ1n) is 10.3. The highest BCUT2D eigenvalue weighted by molar-refractivity contribution is 7.23. The summed E-state index contributed by atoms with van der Waals surface area (Å²) in [5, 5.41) is 30.7. The highest BCUT2D eigenvalue weighted by Crippen LogP contribution is 2.35. The third kappa shape index (κ3) is 4.29.